The molecule has 1 N–H and O–H groups in total. The Hall–Kier alpha value is -2.45. The van der Waals surface area contributed by atoms with E-state index >= 15 is 0 Å². The van der Waals surface area contributed by atoms with Crippen LogP contribution in [-0.2, 0) is 11.8 Å². The van der Waals surface area contributed by atoms with Gasteiger partial charge in [-0.15, -0.1) is 10.2 Å². The number of hydrogen-bond acceptors (Lipinski definition) is 4. The Morgan fingerprint density at radius 3 is 2.41 bits per heavy atom. The first-order chi connectivity index (χ1) is 12.9. The minimum Gasteiger partial charge on any atom is -0.320 e. The first-order valence-corrected chi connectivity index (χ1v) is 9.19. The number of carbonyl (C=O) groups is 1. The molecule has 27 heavy (non-hydrogen) atoms. The number of thioether (sulfide) groups is 1. The van der Waals surface area contributed by atoms with Gasteiger partial charge in [0.25, 0.3) is 0 Å². The van der Waals surface area contributed by atoms with Gasteiger partial charge in [-0.05, 0) is 43.3 Å². The molecule has 0 saturated heterocycles. The number of amides is 1. The Balaban J connectivity index is 1.73. The van der Waals surface area contributed by atoms with Crippen LogP contribution in [0, 0.1) is 11.6 Å². The third-order valence-electron chi connectivity index (χ3n) is 3.80. The quantitative estimate of drug-likeness (QED) is 0.630. The highest BCUT2D eigenvalue weighted by molar-refractivity contribution is 8.00. The van der Waals surface area contributed by atoms with E-state index in [-0.39, 0.29) is 0 Å². The monoisotopic (exact) mass is 408 g/mol. The van der Waals surface area contributed by atoms with Crippen LogP contribution in [0.3, 0.4) is 0 Å². The molecule has 9 heteroatoms. The van der Waals surface area contributed by atoms with Crippen molar-refractivity contribution in [2.45, 2.75) is 17.3 Å². The fraction of sp³-hybridized carbons (Fsp3) is 0.167. The molecule has 0 saturated carbocycles. The zero-order chi connectivity index (χ0) is 19.6. The molecule has 0 aliphatic carbocycles. The number of benzene rings is 2. The summed E-state index contributed by atoms with van der Waals surface area (Å²) in [6.07, 6.45) is 0. The van der Waals surface area contributed by atoms with Gasteiger partial charge >= 0.3 is 0 Å². The second kappa shape index (κ2) is 8.06. The molecule has 0 aliphatic rings. The third kappa shape index (κ3) is 4.28. The molecule has 1 amide bonds. The van der Waals surface area contributed by atoms with Crippen molar-refractivity contribution in [3.05, 3.63) is 59.1 Å². The van der Waals surface area contributed by atoms with Gasteiger partial charge in [-0.1, -0.05) is 29.4 Å². The van der Waals surface area contributed by atoms with Gasteiger partial charge in [0, 0.05) is 17.6 Å². The summed E-state index contributed by atoms with van der Waals surface area (Å²) in [5.74, 6) is -1.59. The van der Waals surface area contributed by atoms with Crippen LogP contribution < -0.4 is 5.32 Å². The van der Waals surface area contributed by atoms with E-state index in [0.717, 1.165) is 29.5 Å². The molecule has 0 radical (unpaired) electrons. The normalized spacial score (nSPS) is 12.0. The van der Waals surface area contributed by atoms with E-state index in [1.54, 1.807) is 30.7 Å². The van der Waals surface area contributed by atoms with E-state index in [9.17, 15) is 13.6 Å². The van der Waals surface area contributed by atoms with E-state index in [1.807, 2.05) is 12.1 Å². The lowest BCUT2D eigenvalue weighted by atomic mass is 10.2. The number of hydrogen-bond donors (Lipinski definition) is 1. The number of aromatic nitrogens is 3. The number of para-hydroxylation sites is 1. The summed E-state index contributed by atoms with van der Waals surface area (Å²) in [6, 6.07) is 10.5. The van der Waals surface area contributed by atoms with Crippen molar-refractivity contribution in [3.63, 3.8) is 0 Å². The maximum Gasteiger partial charge on any atom is 0.237 e. The van der Waals surface area contributed by atoms with Crippen LogP contribution in [0.4, 0.5) is 14.5 Å². The third-order valence-corrected chi connectivity index (χ3v) is 5.19. The number of halogens is 3. The second-order valence-corrected chi connectivity index (χ2v) is 7.46. The second-order valence-electron chi connectivity index (χ2n) is 5.72. The predicted octanol–water partition coefficient (Wildman–Crippen LogP) is 4.53. The van der Waals surface area contributed by atoms with Crippen molar-refractivity contribution >= 4 is 35.0 Å². The highest BCUT2D eigenvalue weighted by Crippen LogP contribution is 2.27. The van der Waals surface area contributed by atoms with Crippen LogP contribution in [0.5, 0.6) is 0 Å². The highest BCUT2D eigenvalue weighted by Gasteiger charge is 2.21. The summed E-state index contributed by atoms with van der Waals surface area (Å²) >= 11 is 7.03. The zero-order valence-corrected chi connectivity index (χ0v) is 16.0. The fourth-order valence-corrected chi connectivity index (χ4v) is 3.26. The average molecular weight is 409 g/mol. The molecule has 1 heterocycles. The minimum atomic E-state index is -0.829. The Labute approximate surface area is 163 Å². The van der Waals surface area contributed by atoms with Crippen molar-refractivity contribution in [1.29, 1.82) is 0 Å². The van der Waals surface area contributed by atoms with Gasteiger partial charge in [0.1, 0.15) is 17.3 Å². The van der Waals surface area contributed by atoms with Gasteiger partial charge in [0.15, 0.2) is 11.0 Å². The zero-order valence-electron chi connectivity index (χ0n) is 14.4. The molecule has 2 aromatic carbocycles. The number of carbonyl (C=O) groups excluding carboxylic acids is 1. The molecule has 140 valence electrons. The Morgan fingerprint density at radius 1 is 1.15 bits per heavy atom. The van der Waals surface area contributed by atoms with Crippen LogP contribution in [0.15, 0.2) is 47.6 Å². The molecular weight excluding hydrogens is 394 g/mol. The van der Waals surface area contributed by atoms with Crippen LogP contribution in [0.2, 0.25) is 5.02 Å². The number of anilines is 1. The molecular formula is C18H15ClF2N4OS. The van der Waals surface area contributed by atoms with E-state index in [4.69, 9.17) is 11.6 Å². The molecule has 0 fully saturated rings. The minimum absolute atomic E-state index is 0.463. The summed E-state index contributed by atoms with van der Waals surface area (Å²) < 4.78 is 29.1. The summed E-state index contributed by atoms with van der Waals surface area (Å²) in [5.41, 5.74) is 0.363. The van der Waals surface area contributed by atoms with E-state index in [1.165, 1.54) is 6.07 Å². The predicted molar refractivity (Wildman–Crippen MR) is 102 cm³/mol. The average Bonchev–Trinajstić information content (AvgIpc) is 2.99. The lowest BCUT2D eigenvalue weighted by molar-refractivity contribution is -0.115. The first-order valence-electron chi connectivity index (χ1n) is 7.93. The molecule has 1 aromatic heterocycles. The number of rotatable bonds is 5. The van der Waals surface area contributed by atoms with E-state index in [2.05, 4.69) is 15.5 Å². The topological polar surface area (TPSA) is 59.8 Å². The Kier molecular flexibility index (Phi) is 5.76. The van der Waals surface area contributed by atoms with Crippen molar-refractivity contribution < 1.29 is 13.6 Å². The molecule has 0 spiro atoms. The van der Waals surface area contributed by atoms with E-state index < -0.39 is 28.5 Å². The smallest absolute Gasteiger partial charge is 0.237 e. The molecule has 0 unspecified atom stereocenters. The van der Waals surface area contributed by atoms with Crippen molar-refractivity contribution in [2.24, 2.45) is 7.05 Å². The lowest BCUT2D eigenvalue weighted by Gasteiger charge is -2.12. The van der Waals surface area contributed by atoms with Crippen molar-refractivity contribution in [1.82, 2.24) is 14.8 Å². The van der Waals surface area contributed by atoms with Gasteiger partial charge in [-0.2, -0.15) is 0 Å². The number of nitrogens with one attached hydrogen (secondary N) is 1. The van der Waals surface area contributed by atoms with Gasteiger partial charge in [0.05, 0.1) is 5.25 Å². The van der Waals surface area contributed by atoms with Gasteiger partial charge in [0.2, 0.25) is 5.91 Å². The van der Waals surface area contributed by atoms with Gasteiger partial charge < -0.3 is 9.88 Å². The first kappa shape index (κ1) is 19.3. The lowest BCUT2D eigenvalue weighted by Crippen LogP contribution is -2.24. The maximum absolute atomic E-state index is 13.7. The summed E-state index contributed by atoms with van der Waals surface area (Å²) in [4.78, 5) is 12.3. The van der Waals surface area contributed by atoms with Crippen LogP contribution in [-0.4, -0.2) is 25.9 Å². The summed E-state index contributed by atoms with van der Waals surface area (Å²) in [5, 5.41) is 11.0. The fourth-order valence-electron chi connectivity index (χ4n) is 2.32. The number of nitrogens with zero attached hydrogens (tertiary/aromatic N) is 3. The SMILES string of the molecule is C[C@H](Sc1nnc(-c2ccc(Cl)cc2)n1C)C(=O)Nc1c(F)cccc1F. The molecule has 3 aromatic rings. The highest BCUT2D eigenvalue weighted by atomic mass is 35.5. The molecule has 0 bridgehead atoms. The van der Waals surface area contributed by atoms with Crippen LogP contribution in [0.1, 0.15) is 6.92 Å². The van der Waals surface area contributed by atoms with Crippen molar-refractivity contribution in [3.8, 4) is 11.4 Å². The molecule has 5 nitrogen and oxygen atoms in total. The summed E-state index contributed by atoms with van der Waals surface area (Å²) in [7, 11) is 1.77. The van der Waals surface area contributed by atoms with Gasteiger partial charge in [-0.25, -0.2) is 8.78 Å². The molecule has 0 aliphatic heterocycles. The van der Waals surface area contributed by atoms with Gasteiger partial charge in [-0.3, -0.25) is 4.79 Å². The standard InChI is InChI=1S/C18H15ClF2N4OS/c1-10(17(26)22-15-13(20)4-3-5-14(15)21)27-18-24-23-16(25(18)2)11-6-8-12(19)9-7-11/h3-10H,1-2H3,(H,22,26)/t10-/m0/s1. The Morgan fingerprint density at radius 2 is 1.78 bits per heavy atom. The molecule has 1 atom stereocenters. The van der Waals surface area contributed by atoms with Crippen LogP contribution in [0.25, 0.3) is 11.4 Å². The summed E-state index contributed by atoms with van der Waals surface area (Å²) in [6.45, 7) is 1.62. The maximum atomic E-state index is 13.7. The largest absolute Gasteiger partial charge is 0.320 e. The van der Waals surface area contributed by atoms with E-state index in [0.29, 0.717) is 16.0 Å². The van der Waals surface area contributed by atoms with Crippen LogP contribution >= 0.6 is 23.4 Å². The Bertz CT molecular complexity index is 958. The molecule has 3 rings (SSSR count). The van der Waals surface area contributed by atoms with Crippen molar-refractivity contribution in [2.75, 3.05) is 5.32 Å².